The summed E-state index contributed by atoms with van der Waals surface area (Å²) >= 11 is 0. The Morgan fingerprint density at radius 1 is 0.714 bits per heavy atom. The first kappa shape index (κ1) is 84.9. The van der Waals surface area contributed by atoms with Gasteiger partial charge in [0.15, 0.2) is 0 Å². The molecule has 0 spiro atoms. The first-order chi connectivity index (χ1) is 53.7. The topological polar surface area (TPSA) is 430 Å². The first-order valence-electron chi connectivity index (χ1n) is 37.5. The number of aromatic nitrogens is 2. The number of carboxylic acids is 1. The van der Waals surface area contributed by atoms with E-state index < -0.39 is 124 Å². The van der Waals surface area contributed by atoms with E-state index in [0.717, 1.165) is 35.0 Å². The number of carbonyl (C=O) groups is 10. The fourth-order valence-corrected chi connectivity index (χ4v) is 14.4. The number of amides is 9. The zero-order valence-electron chi connectivity index (χ0n) is 63.9. The molecule has 9 amide bonds. The zero-order chi connectivity index (χ0) is 80.7. The number of nitrogens with zero attached hydrogens (tertiary/aromatic N) is 4. The molecule has 33 nitrogen and oxygen atoms in total. The highest BCUT2D eigenvalue weighted by Gasteiger charge is 2.52. The van der Waals surface area contributed by atoms with Gasteiger partial charge in [0.1, 0.15) is 24.7 Å². The van der Waals surface area contributed by atoms with Gasteiger partial charge >= 0.3 is 42.0 Å². The van der Waals surface area contributed by atoms with E-state index in [0.29, 0.717) is 55.0 Å². The van der Waals surface area contributed by atoms with E-state index in [-0.39, 0.29) is 125 Å². The van der Waals surface area contributed by atoms with Gasteiger partial charge in [-0.1, -0.05) is 71.0 Å². The molecule has 0 bridgehead atoms. The van der Waals surface area contributed by atoms with Gasteiger partial charge in [0, 0.05) is 65.3 Å². The molecule has 5 heterocycles. The van der Waals surface area contributed by atoms with E-state index in [1.54, 1.807) is 31.4 Å². The minimum Gasteiger partial charge on any atom is -0.481 e. The number of unbranched alkanes of at least 4 members (excludes halogenated alkanes) is 1. The van der Waals surface area contributed by atoms with Gasteiger partial charge in [0.25, 0.3) is 15.6 Å². The zero-order valence-corrected chi connectivity index (χ0v) is 64.7. The van der Waals surface area contributed by atoms with Gasteiger partial charge in [0.05, 0.1) is 99.0 Å². The van der Waals surface area contributed by atoms with Crippen molar-refractivity contribution in [2.45, 2.75) is 147 Å². The number of hydrogen-bond acceptors (Lipinski definition) is 21. The van der Waals surface area contributed by atoms with Gasteiger partial charge in [-0.3, -0.25) is 33.5 Å². The molecule has 3 aliphatic rings. The van der Waals surface area contributed by atoms with Crippen LogP contribution in [-0.4, -0.2) is 197 Å². The second-order valence-electron chi connectivity index (χ2n) is 27.7. The van der Waals surface area contributed by atoms with Gasteiger partial charge in [0.2, 0.25) is 23.3 Å². The lowest BCUT2D eigenvalue weighted by molar-refractivity contribution is -0.191. The average molecular weight is 1570 g/mol. The van der Waals surface area contributed by atoms with E-state index in [4.69, 9.17) is 33.4 Å². The first-order valence-corrected chi connectivity index (χ1v) is 38.9. The van der Waals surface area contributed by atoms with Gasteiger partial charge in [-0.05, 0) is 149 Å². The Kier molecular flexibility index (Phi) is 30.5. The van der Waals surface area contributed by atoms with Crippen LogP contribution in [0.5, 0.6) is 0 Å². The monoisotopic (exact) mass is 1570 g/mol. The van der Waals surface area contributed by atoms with Crippen LogP contribution in [-0.2, 0) is 97.2 Å². The summed E-state index contributed by atoms with van der Waals surface area (Å²) in [6.07, 6.45) is 1.76. The molecule has 0 radical (unpaired) electrons. The number of fused-ring (bicyclic) bond motifs is 5. The Hall–Kier alpha value is -11.1. The Morgan fingerprint density at radius 2 is 1.38 bits per heavy atom. The number of sulfonamides is 1. The van der Waals surface area contributed by atoms with Crippen molar-refractivity contribution in [3.63, 3.8) is 0 Å². The molecule has 6 aromatic rings. The second kappa shape index (κ2) is 40.2. The summed E-state index contributed by atoms with van der Waals surface area (Å²) < 4.78 is 65.0. The highest BCUT2D eigenvalue weighted by molar-refractivity contribution is 7.92. The number of para-hydroxylation sites is 1. The molecule has 2 aromatic heterocycles. The van der Waals surface area contributed by atoms with Crippen LogP contribution in [0.1, 0.15) is 126 Å². The standard InChI is InChI=1S/C78H99N13O20S/c1-8-30-79-75(101)83-52-19-16-21-54(42-52)112(104,105)88-53-20-15-18-49(41-53)61(44-66(93)94)86-77(103)82-51-27-25-50(26-28-51)81-76(102)80-31-36-107-38-40-108-39-37-106-35-29-65(92)84-62(45-67(95)109-34-14-13-32-89(6)7)72(98)90-33-17-24-63(90)70(96)87-68(48(4)5)73(99)111-78(10-3)59-43-64-69-57(46-91(64)71(97)58(59)47-110-74(78)100)55(9-2)56-22-11-12-23-60(56)85-69/h11-12,15-16,18-23,25-28,41-43,48,61-63,68,88H,8-10,13-14,17,24,29-40,44-47H2,1-7H3,(H,84,92)(H,87,96)(H,93,94)(H2,79,83,101)(H2,80,81,102)(H2,82,86,103)/t61-,62+,63+,68+,78+/m1/s1. The lowest BCUT2D eigenvalue weighted by atomic mass is 9.85. The molecule has 112 heavy (non-hydrogen) atoms. The molecular weight excluding hydrogens is 1470 g/mol. The van der Waals surface area contributed by atoms with E-state index in [1.807, 2.05) is 57.1 Å². The summed E-state index contributed by atoms with van der Waals surface area (Å²) in [5.41, 5.74) is 2.79. The van der Waals surface area contributed by atoms with E-state index >= 15 is 0 Å². The van der Waals surface area contributed by atoms with Crippen LogP contribution >= 0.6 is 0 Å². The minimum absolute atomic E-state index is 0.0736. The van der Waals surface area contributed by atoms with E-state index in [1.165, 1.54) is 77.7 Å². The number of nitrogens with one attached hydrogen (secondary N) is 9. The van der Waals surface area contributed by atoms with Crippen LogP contribution in [0.4, 0.5) is 37.1 Å². The molecule has 0 unspecified atom stereocenters. The quantitative estimate of drug-likeness (QED) is 0.0105. The number of rotatable bonds is 40. The number of likely N-dealkylation sites (tertiary alicyclic amines) is 1. The molecule has 4 aromatic carbocycles. The number of esters is 3. The number of cyclic esters (lactones) is 1. The Bertz CT molecular complexity index is 4580. The number of urea groups is 3. The number of ether oxygens (including phenoxy) is 6. The van der Waals surface area contributed by atoms with Crippen molar-refractivity contribution in [3.05, 3.63) is 141 Å². The molecule has 0 aliphatic carbocycles. The smallest absolute Gasteiger partial charge is 0.355 e. The van der Waals surface area contributed by atoms with Crippen LogP contribution in [0.25, 0.3) is 22.3 Å². The molecule has 1 saturated heterocycles. The van der Waals surface area contributed by atoms with Gasteiger partial charge in [-0.25, -0.2) is 37.4 Å². The molecule has 3 aliphatic heterocycles. The molecule has 5 atom stereocenters. The van der Waals surface area contributed by atoms with Gasteiger partial charge in [-0.2, -0.15) is 0 Å². The lowest BCUT2D eigenvalue weighted by Crippen LogP contribution is -2.57. The Labute approximate surface area is 648 Å². The number of benzene rings is 4. The third-order valence-electron chi connectivity index (χ3n) is 18.9. The fraction of sp³-hybridized carbons (Fsp3) is 0.462. The van der Waals surface area contributed by atoms with Crippen molar-refractivity contribution in [1.29, 1.82) is 0 Å². The molecule has 602 valence electrons. The van der Waals surface area contributed by atoms with Crippen LogP contribution in [0.2, 0.25) is 0 Å². The summed E-state index contributed by atoms with van der Waals surface area (Å²) in [5.74, 6) is -6.55. The maximum atomic E-state index is 14.6. The van der Waals surface area contributed by atoms with Gasteiger partial charge in [-0.15, -0.1) is 0 Å². The minimum atomic E-state index is -4.19. The number of carbonyl (C=O) groups excluding carboxylic acids is 9. The SMILES string of the molecule is CCCNC(=O)Nc1cccc(S(=O)(=O)Nc2cccc([C@@H](CC(=O)O)NC(=O)Nc3ccc(NC(=O)NCCOCCOCCOCCC(=O)N[C@@H](CC(=O)OCCCCN(C)C)C(=O)N4CCC[C@H]4C(=O)N[C@H](C(=O)O[C@]4(CC)C(=O)OCc5c4cc4n(c5=O)Cc5c-4nc4ccccc4c5CC)C(C)C)cc3)c2)c1. The summed E-state index contributed by atoms with van der Waals surface area (Å²) in [4.78, 5) is 157. The maximum absolute atomic E-state index is 14.6. The van der Waals surface area contributed by atoms with Crippen molar-refractivity contribution in [1.82, 2.24) is 45.9 Å². The number of aryl methyl sites for hydroxylation is 1. The number of aliphatic carboxylic acids is 1. The van der Waals surface area contributed by atoms with Crippen LogP contribution in [0, 0.1) is 5.92 Å². The number of anilines is 4. The van der Waals surface area contributed by atoms with E-state index in [2.05, 4.69) is 47.3 Å². The summed E-state index contributed by atoms with van der Waals surface area (Å²) in [7, 11) is -0.354. The van der Waals surface area contributed by atoms with Crippen molar-refractivity contribution in [2.75, 3.05) is 107 Å². The van der Waals surface area contributed by atoms with Crippen LogP contribution in [0.15, 0.2) is 113 Å². The predicted octanol–water partition coefficient (Wildman–Crippen LogP) is 7.02. The number of carboxylic acid groups (broad SMARTS) is 1. The number of pyridine rings is 2. The molecule has 9 rings (SSSR count). The molecule has 1 fully saturated rings. The summed E-state index contributed by atoms with van der Waals surface area (Å²) in [6.45, 7) is 10.8. The van der Waals surface area contributed by atoms with Gasteiger partial charge < -0.3 is 90.4 Å². The molecule has 10 N–H and O–H groups in total. The predicted molar refractivity (Wildman–Crippen MR) is 413 cm³/mol. The highest BCUT2D eigenvalue weighted by atomic mass is 32.2. The lowest BCUT2D eigenvalue weighted by Gasteiger charge is -2.37. The normalized spacial score (nSPS) is 15.7. The van der Waals surface area contributed by atoms with Crippen molar-refractivity contribution in [2.24, 2.45) is 5.92 Å². The third-order valence-corrected chi connectivity index (χ3v) is 20.3. The number of hydrogen-bond donors (Lipinski definition) is 10. The second-order valence-corrected chi connectivity index (χ2v) is 29.4. The average Bonchev–Trinajstić information content (AvgIpc) is 1.33. The maximum Gasteiger partial charge on any atom is 0.355 e. The van der Waals surface area contributed by atoms with Crippen molar-refractivity contribution >= 4 is 103 Å². The molecule has 34 heteroatoms. The van der Waals surface area contributed by atoms with Crippen LogP contribution < -0.4 is 52.8 Å². The fourth-order valence-electron chi connectivity index (χ4n) is 13.3. The largest absolute Gasteiger partial charge is 0.481 e. The summed E-state index contributed by atoms with van der Waals surface area (Å²) in [6, 6.07) is 20.1. The van der Waals surface area contributed by atoms with Crippen LogP contribution in [0.3, 0.4) is 0 Å². The highest BCUT2D eigenvalue weighted by Crippen LogP contribution is 2.43. The molecular formula is C78H99N13O20S. The summed E-state index contributed by atoms with van der Waals surface area (Å²) in [5, 5.41) is 31.9. The Morgan fingerprint density at radius 3 is 2.07 bits per heavy atom. The van der Waals surface area contributed by atoms with Crippen molar-refractivity contribution < 1.29 is 89.9 Å². The molecule has 0 saturated carbocycles. The third kappa shape index (κ3) is 22.6. The van der Waals surface area contributed by atoms with Crippen molar-refractivity contribution in [3.8, 4) is 11.4 Å². The Balaban J connectivity index is 0.690. The van der Waals surface area contributed by atoms with E-state index in [9.17, 15) is 66.3 Å².